The van der Waals surface area contributed by atoms with Crippen LogP contribution in [0.25, 0.3) is 27.7 Å². The highest BCUT2D eigenvalue weighted by Crippen LogP contribution is 2.47. The van der Waals surface area contributed by atoms with Crippen LogP contribution in [0.1, 0.15) is 27.4 Å². The second-order valence-electron chi connectivity index (χ2n) is 9.33. The molecular formula is C29H24F3N3O3S. The van der Waals surface area contributed by atoms with E-state index in [-0.39, 0.29) is 11.3 Å². The van der Waals surface area contributed by atoms with Gasteiger partial charge in [-0.25, -0.2) is 18.2 Å². The van der Waals surface area contributed by atoms with Crippen LogP contribution in [-0.2, 0) is 17.7 Å². The lowest BCUT2D eigenvalue weighted by Gasteiger charge is -2.19. The highest BCUT2D eigenvalue weighted by molar-refractivity contribution is 7.99. The van der Waals surface area contributed by atoms with E-state index in [4.69, 9.17) is 14.5 Å². The van der Waals surface area contributed by atoms with E-state index in [1.54, 1.807) is 42.6 Å². The Labute approximate surface area is 226 Å². The van der Waals surface area contributed by atoms with Crippen molar-refractivity contribution in [2.24, 2.45) is 0 Å². The number of thioether (sulfide) groups is 1. The molecule has 0 atom stereocenters. The number of ketones is 1. The van der Waals surface area contributed by atoms with E-state index in [2.05, 4.69) is 4.57 Å². The van der Waals surface area contributed by atoms with Gasteiger partial charge in [-0.05, 0) is 43.2 Å². The average Bonchev–Trinajstić information content (AvgIpc) is 3.45. The van der Waals surface area contributed by atoms with Crippen molar-refractivity contribution in [1.82, 2.24) is 14.0 Å². The number of aryl methyl sites for hydroxylation is 2. The molecule has 3 aromatic heterocycles. The van der Waals surface area contributed by atoms with Gasteiger partial charge in [0.05, 0.1) is 30.4 Å². The van der Waals surface area contributed by atoms with Crippen LogP contribution in [0.4, 0.5) is 13.2 Å². The van der Waals surface area contributed by atoms with E-state index in [0.717, 1.165) is 56.1 Å². The molecule has 0 unspecified atom stereocenters. The van der Waals surface area contributed by atoms with E-state index in [1.807, 2.05) is 25.1 Å². The minimum atomic E-state index is -1.60. The topological polar surface area (TPSA) is 57.8 Å². The molecule has 0 bridgehead atoms. The third kappa shape index (κ3) is 4.01. The van der Waals surface area contributed by atoms with Gasteiger partial charge in [-0.2, -0.15) is 0 Å². The molecule has 0 saturated heterocycles. The number of carbonyl (C=O) groups excluding carboxylic acids is 1. The Morgan fingerprint density at radius 2 is 1.90 bits per heavy atom. The van der Waals surface area contributed by atoms with Crippen molar-refractivity contribution in [2.45, 2.75) is 24.8 Å². The molecule has 4 heterocycles. The van der Waals surface area contributed by atoms with Crippen LogP contribution < -0.4 is 4.74 Å². The number of methoxy groups -OCH3 is 2. The number of nitrogens with zero attached hydrogens (tertiary/aromatic N) is 3. The largest absolute Gasteiger partial charge is 0.496 e. The van der Waals surface area contributed by atoms with Crippen LogP contribution >= 0.6 is 11.8 Å². The summed E-state index contributed by atoms with van der Waals surface area (Å²) in [5.41, 5.74) is 5.24. The summed E-state index contributed by atoms with van der Waals surface area (Å²) >= 11 is 1.67. The molecule has 6 rings (SSSR count). The summed E-state index contributed by atoms with van der Waals surface area (Å²) in [6.45, 7) is 3.16. The quantitative estimate of drug-likeness (QED) is 0.185. The molecule has 5 aromatic rings. The zero-order chi connectivity index (χ0) is 27.4. The fraction of sp³-hybridized carbons (Fsp3) is 0.241. The first-order chi connectivity index (χ1) is 18.8. The van der Waals surface area contributed by atoms with Crippen LogP contribution in [0, 0.1) is 24.4 Å². The molecular weight excluding hydrogens is 527 g/mol. The van der Waals surface area contributed by atoms with Gasteiger partial charge in [0, 0.05) is 53.3 Å². The number of aromatic nitrogens is 3. The van der Waals surface area contributed by atoms with E-state index in [9.17, 15) is 18.0 Å². The monoisotopic (exact) mass is 551 g/mol. The fourth-order valence-corrected chi connectivity index (χ4v) is 6.52. The van der Waals surface area contributed by atoms with Crippen molar-refractivity contribution in [3.63, 3.8) is 0 Å². The average molecular weight is 552 g/mol. The molecule has 0 spiro atoms. The zero-order valence-electron chi connectivity index (χ0n) is 21.5. The van der Waals surface area contributed by atoms with Crippen molar-refractivity contribution in [3.05, 3.63) is 82.7 Å². The van der Waals surface area contributed by atoms with Crippen LogP contribution in [0.2, 0.25) is 0 Å². The molecule has 0 fully saturated rings. The lowest BCUT2D eigenvalue weighted by atomic mass is 10.0. The number of halogens is 3. The molecule has 6 nitrogen and oxygen atoms in total. The van der Waals surface area contributed by atoms with Gasteiger partial charge in [0.15, 0.2) is 17.5 Å². The third-order valence-corrected chi connectivity index (χ3v) is 8.22. The van der Waals surface area contributed by atoms with Crippen molar-refractivity contribution < 1.29 is 27.4 Å². The smallest absolute Gasteiger partial charge is 0.209 e. The normalized spacial score (nSPS) is 13.0. The molecule has 2 aromatic carbocycles. The predicted molar refractivity (Wildman–Crippen MR) is 143 cm³/mol. The SMILES string of the molecule is COCCn1c(C)nc2c3c(c(OC)cc21)-c1cccn2c(C(=O)c4cc(F)c(F)c(F)c4)cc(c12)CCS3. The molecule has 0 N–H and O–H groups in total. The third-order valence-electron chi connectivity index (χ3n) is 7.13. The van der Waals surface area contributed by atoms with Crippen LogP contribution in [-0.4, -0.2) is 46.3 Å². The number of imidazole rings is 1. The van der Waals surface area contributed by atoms with Gasteiger partial charge < -0.3 is 18.4 Å². The summed E-state index contributed by atoms with van der Waals surface area (Å²) in [5.74, 6) is -2.77. The number of benzene rings is 2. The first-order valence-electron chi connectivity index (χ1n) is 12.4. The summed E-state index contributed by atoms with van der Waals surface area (Å²) in [7, 11) is 3.29. The maximum Gasteiger partial charge on any atom is 0.209 e. The lowest BCUT2D eigenvalue weighted by Crippen LogP contribution is -2.08. The second kappa shape index (κ2) is 9.77. The van der Waals surface area contributed by atoms with Gasteiger partial charge in [0.2, 0.25) is 5.78 Å². The minimum absolute atomic E-state index is 0.237. The Hall–Kier alpha value is -3.76. The summed E-state index contributed by atoms with van der Waals surface area (Å²) in [6, 6.07) is 8.98. The number of hydrogen-bond donors (Lipinski definition) is 0. The summed E-state index contributed by atoms with van der Waals surface area (Å²) in [4.78, 5) is 19.3. The highest BCUT2D eigenvalue weighted by Gasteiger charge is 2.28. The van der Waals surface area contributed by atoms with Gasteiger partial charge in [-0.15, -0.1) is 11.8 Å². The first-order valence-corrected chi connectivity index (χ1v) is 13.3. The molecule has 0 aliphatic carbocycles. The van der Waals surface area contributed by atoms with Gasteiger partial charge in [0.1, 0.15) is 17.1 Å². The van der Waals surface area contributed by atoms with Crippen molar-refractivity contribution in [3.8, 4) is 16.9 Å². The van der Waals surface area contributed by atoms with Crippen molar-refractivity contribution in [2.75, 3.05) is 26.6 Å². The van der Waals surface area contributed by atoms with E-state index in [0.29, 0.717) is 31.1 Å². The number of carbonyl (C=O) groups is 1. The molecule has 1 aliphatic heterocycles. The first kappa shape index (κ1) is 25.5. The van der Waals surface area contributed by atoms with E-state index >= 15 is 0 Å². The molecule has 200 valence electrons. The molecule has 0 amide bonds. The molecule has 1 aliphatic rings. The maximum absolute atomic E-state index is 14.0. The van der Waals surface area contributed by atoms with E-state index in [1.165, 1.54) is 0 Å². The predicted octanol–water partition coefficient (Wildman–Crippen LogP) is 6.22. The Balaban J connectivity index is 1.59. The van der Waals surface area contributed by atoms with Gasteiger partial charge in [-0.3, -0.25) is 4.79 Å². The van der Waals surface area contributed by atoms with Crippen molar-refractivity contribution >= 4 is 34.1 Å². The molecule has 10 heteroatoms. The summed E-state index contributed by atoms with van der Waals surface area (Å²) in [5, 5.41) is 0. The van der Waals surface area contributed by atoms with Crippen LogP contribution in [0.15, 0.2) is 47.5 Å². The Morgan fingerprint density at radius 1 is 1.13 bits per heavy atom. The number of ether oxygens (including phenoxy) is 2. The van der Waals surface area contributed by atoms with Crippen LogP contribution in [0.5, 0.6) is 5.75 Å². The van der Waals surface area contributed by atoms with Gasteiger partial charge in [-0.1, -0.05) is 6.07 Å². The number of fused-ring (bicyclic) bond motifs is 4. The highest BCUT2D eigenvalue weighted by atomic mass is 32.2. The Bertz CT molecular complexity index is 1770. The number of hydrogen-bond acceptors (Lipinski definition) is 5. The molecule has 0 saturated carbocycles. The van der Waals surface area contributed by atoms with Gasteiger partial charge in [0.25, 0.3) is 0 Å². The Morgan fingerprint density at radius 3 is 2.62 bits per heavy atom. The second-order valence-corrected chi connectivity index (χ2v) is 10.4. The van der Waals surface area contributed by atoms with Crippen molar-refractivity contribution in [1.29, 1.82) is 0 Å². The van der Waals surface area contributed by atoms with Gasteiger partial charge >= 0.3 is 0 Å². The lowest BCUT2D eigenvalue weighted by molar-refractivity contribution is 0.103. The fourth-order valence-electron chi connectivity index (χ4n) is 5.35. The molecule has 0 radical (unpaired) electrons. The van der Waals surface area contributed by atoms with E-state index < -0.39 is 23.2 Å². The Kier molecular flexibility index (Phi) is 6.39. The zero-order valence-corrected chi connectivity index (χ0v) is 22.3. The number of pyridine rings is 1. The maximum atomic E-state index is 14.0. The number of rotatable bonds is 6. The molecule has 39 heavy (non-hydrogen) atoms. The standard InChI is InChI=1S/C29H24F3N3O3S/c1-15-33-26-21(34(15)8-9-37-2)14-23(38-3)24-18-5-4-7-35-22(13-16(27(18)35)6-10-39-29(24)26)28(36)17-11-19(30)25(32)20(31)12-17/h4-5,7,11-14H,6,8-10H2,1-3H3. The minimum Gasteiger partial charge on any atom is -0.496 e. The van der Waals surface area contributed by atoms with Crippen LogP contribution in [0.3, 0.4) is 0 Å². The summed E-state index contributed by atoms with van der Waals surface area (Å²) < 4.78 is 56.5. The summed E-state index contributed by atoms with van der Waals surface area (Å²) in [6.07, 6.45) is 2.39.